The molecular formula is C21H20FN5O3. The third kappa shape index (κ3) is 4.35. The third-order valence-corrected chi connectivity index (χ3v) is 4.98. The number of aromatic nitrogens is 4. The molecule has 2 aromatic heterocycles. The Bertz CT molecular complexity index is 1200. The molecule has 1 amide bonds. The number of hydrogen-bond acceptors (Lipinski definition) is 5. The maximum atomic E-state index is 13.0. The van der Waals surface area contributed by atoms with Crippen molar-refractivity contribution in [2.75, 3.05) is 6.54 Å². The number of amides is 1. The second-order valence-corrected chi connectivity index (χ2v) is 7.13. The number of halogens is 1. The molecule has 0 saturated carbocycles. The Labute approximate surface area is 171 Å². The molecule has 4 rings (SSSR count). The molecule has 0 spiro atoms. The normalized spacial score (nSPS) is 12.6. The molecular weight excluding hydrogens is 389 g/mol. The van der Waals surface area contributed by atoms with Gasteiger partial charge in [0.25, 0.3) is 17.0 Å². The Morgan fingerprint density at radius 1 is 1.00 bits per heavy atom. The number of benzene rings is 1. The first kappa shape index (κ1) is 19.7. The van der Waals surface area contributed by atoms with Crippen LogP contribution < -0.4 is 16.4 Å². The summed E-state index contributed by atoms with van der Waals surface area (Å²) in [5.74, 6) is -0.832. The monoisotopic (exact) mass is 409 g/mol. The predicted octanol–water partition coefficient (Wildman–Crippen LogP) is 0.906. The summed E-state index contributed by atoms with van der Waals surface area (Å²) in [6.07, 6.45) is 2.75. The highest BCUT2D eigenvalue weighted by molar-refractivity contribution is 5.91. The fourth-order valence-corrected chi connectivity index (χ4v) is 3.41. The molecule has 0 atom stereocenters. The number of nitrogens with one attached hydrogen (secondary N) is 1. The molecule has 8 nitrogen and oxygen atoms in total. The number of nitrogens with zero attached hydrogens (tertiary/aromatic N) is 4. The van der Waals surface area contributed by atoms with Gasteiger partial charge in [-0.15, -0.1) is 0 Å². The van der Waals surface area contributed by atoms with Crippen LogP contribution in [0.15, 0.2) is 52.1 Å². The van der Waals surface area contributed by atoms with Gasteiger partial charge in [-0.2, -0.15) is 10.2 Å². The summed E-state index contributed by atoms with van der Waals surface area (Å²) in [6, 6.07) is 9.92. The van der Waals surface area contributed by atoms with Crippen molar-refractivity contribution in [2.45, 2.75) is 32.4 Å². The number of fused-ring (bicyclic) bond motifs is 1. The van der Waals surface area contributed by atoms with Crippen LogP contribution in [0.2, 0.25) is 0 Å². The van der Waals surface area contributed by atoms with E-state index >= 15 is 0 Å². The first-order valence-electron chi connectivity index (χ1n) is 9.70. The average Bonchev–Trinajstić information content (AvgIpc) is 3.18. The highest BCUT2D eigenvalue weighted by atomic mass is 19.1. The van der Waals surface area contributed by atoms with Gasteiger partial charge >= 0.3 is 0 Å². The number of rotatable bonds is 6. The van der Waals surface area contributed by atoms with Crippen LogP contribution in [0.4, 0.5) is 4.39 Å². The fourth-order valence-electron chi connectivity index (χ4n) is 3.41. The minimum Gasteiger partial charge on any atom is -0.349 e. The molecule has 0 unspecified atom stereocenters. The second kappa shape index (κ2) is 8.40. The minimum atomic E-state index is -0.461. The van der Waals surface area contributed by atoms with Crippen LogP contribution in [0.5, 0.6) is 0 Å². The lowest BCUT2D eigenvalue weighted by molar-refractivity contribution is 0.0944. The van der Waals surface area contributed by atoms with Crippen molar-refractivity contribution >= 4 is 5.91 Å². The van der Waals surface area contributed by atoms with Gasteiger partial charge in [0.15, 0.2) is 0 Å². The first-order chi connectivity index (χ1) is 14.5. The van der Waals surface area contributed by atoms with Gasteiger partial charge in [-0.05, 0) is 48.6 Å². The van der Waals surface area contributed by atoms with E-state index in [1.165, 1.54) is 28.9 Å². The maximum absolute atomic E-state index is 13.0. The van der Waals surface area contributed by atoms with E-state index in [1.54, 1.807) is 18.2 Å². The molecule has 2 heterocycles. The largest absolute Gasteiger partial charge is 0.349 e. The Hall–Kier alpha value is -3.62. The zero-order valence-corrected chi connectivity index (χ0v) is 16.2. The highest BCUT2D eigenvalue weighted by Gasteiger charge is 2.15. The molecule has 0 bridgehead atoms. The van der Waals surface area contributed by atoms with Gasteiger partial charge in [-0.1, -0.05) is 12.1 Å². The molecule has 9 heteroatoms. The van der Waals surface area contributed by atoms with Crippen LogP contribution in [0, 0.1) is 5.82 Å². The van der Waals surface area contributed by atoms with E-state index in [1.807, 2.05) is 0 Å². The van der Waals surface area contributed by atoms with E-state index in [2.05, 4.69) is 15.5 Å². The lowest BCUT2D eigenvalue weighted by Crippen LogP contribution is -2.34. The highest BCUT2D eigenvalue weighted by Crippen LogP contribution is 2.16. The Morgan fingerprint density at radius 3 is 2.60 bits per heavy atom. The van der Waals surface area contributed by atoms with E-state index in [-0.39, 0.29) is 42.3 Å². The minimum absolute atomic E-state index is 0.0750. The molecule has 154 valence electrons. The Kier molecular flexibility index (Phi) is 5.51. The molecule has 3 aromatic rings. The van der Waals surface area contributed by atoms with Crippen molar-refractivity contribution in [1.29, 1.82) is 0 Å². The second-order valence-electron chi connectivity index (χ2n) is 7.13. The summed E-state index contributed by atoms with van der Waals surface area (Å²) >= 11 is 0. The Morgan fingerprint density at radius 2 is 1.80 bits per heavy atom. The van der Waals surface area contributed by atoms with Gasteiger partial charge in [-0.25, -0.2) is 13.8 Å². The molecule has 0 saturated heterocycles. The number of hydrogen-bond donors (Lipinski definition) is 1. The van der Waals surface area contributed by atoms with Crippen LogP contribution in [-0.2, 0) is 25.9 Å². The number of carbonyl (C=O) groups excluding carboxylic acids is 1. The van der Waals surface area contributed by atoms with E-state index in [0.717, 1.165) is 35.2 Å². The van der Waals surface area contributed by atoms with Crippen molar-refractivity contribution in [3.63, 3.8) is 0 Å². The van der Waals surface area contributed by atoms with Crippen LogP contribution in [0.3, 0.4) is 0 Å². The van der Waals surface area contributed by atoms with Crippen molar-refractivity contribution in [2.24, 2.45) is 0 Å². The maximum Gasteiger partial charge on any atom is 0.271 e. The average molecular weight is 409 g/mol. The first-order valence-corrected chi connectivity index (χ1v) is 9.70. The van der Waals surface area contributed by atoms with Crippen molar-refractivity contribution in [3.05, 3.63) is 91.5 Å². The van der Waals surface area contributed by atoms with Crippen LogP contribution in [-0.4, -0.2) is 32.0 Å². The smallest absolute Gasteiger partial charge is 0.271 e. The lowest BCUT2D eigenvalue weighted by Gasteiger charge is -2.09. The number of aryl methyl sites for hydroxylation is 2. The van der Waals surface area contributed by atoms with Crippen LogP contribution in [0.1, 0.15) is 33.7 Å². The Balaban J connectivity index is 1.41. The van der Waals surface area contributed by atoms with E-state index in [0.29, 0.717) is 5.56 Å². The van der Waals surface area contributed by atoms with Crippen molar-refractivity contribution in [1.82, 2.24) is 24.9 Å². The summed E-state index contributed by atoms with van der Waals surface area (Å²) in [7, 11) is 0. The predicted molar refractivity (Wildman–Crippen MR) is 107 cm³/mol. The van der Waals surface area contributed by atoms with Gasteiger partial charge in [0.05, 0.1) is 18.8 Å². The van der Waals surface area contributed by atoms with Crippen molar-refractivity contribution < 1.29 is 9.18 Å². The summed E-state index contributed by atoms with van der Waals surface area (Å²) < 4.78 is 15.5. The zero-order valence-electron chi connectivity index (χ0n) is 16.2. The third-order valence-electron chi connectivity index (χ3n) is 4.98. The van der Waals surface area contributed by atoms with Crippen LogP contribution >= 0.6 is 0 Å². The van der Waals surface area contributed by atoms with Gasteiger partial charge in [0.1, 0.15) is 11.5 Å². The molecule has 1 aromatic carbocycles. The van der Waals surface area contributed by atoms with Crippen molar-refractivity contribution in [3.8, 4) is 0 Å². The molecule has 0 aliphatic heterocycles. The molecule has 1 aliphatic carbocycles. The van der Waals surface area contributed by atoms with Gasteiger partial charge < -0.3 is 5.32 Å². The lowest BCUT2D eigenvalue weighted by atomic mass is 10.2. The molecule has 1 aliphatic rings. The SMILES string of the molecule is O=C(NCCn1nc2c(cc1=O)CCC2)c1ccc(=O)n(Cc2ccc(F)cc2)n1. The molecule has 0 radical (unpaired) electrons. The van der Waals surface area contributed by atoms with Gasteiger partial charge in [0, 0.05) is 18.7 Å². The van der Waals surface area contributed by atoms with Crippen LogP contribution in [0.25, 0.3) is 0 Å². The number of carbonyl (C=O) groups is 1. The van der Waals surface area contributed by atoms with Gasteiger partial charge in [-0.3, -0.25) is 14.4 Å². The van der Waals surface area contributed by atoms with E-state index in [9.17, 15) is 18.8 Å². The summed E-state index contributed by atoms with van der Waals surface area (Å²) in [4.78, 5) is 36.6. The summed E-state index contributed by atoms with van der Waals surface area (Å²) in [6.45, 7) is 0.561. The standard InChI is InChI=1S/C21H20FN5O3/c22-16-6-4-14(5-7-16)13-27-19(28)9-8-18(25-27)21(30)23-10-11-26-20(29)12-15-2-1-3-17(15)24-26/h4-9,12H,1-3,10-11,13H2,(H,23,30). The zero-order chi connectivity index (χ0) is 21.1. The molecule has 1 N–H and O–H groups in total. The van der Waals surface area contributed by atoms with E-state index < -0.39 is 5.91 Å². The summed E-state index contributed by atoms with van der Waals surface area (Å²) in [5.41, 5.74) is 2.15. The summed E-state index contributed by atoms with van der Waals surface area (Å²) in [5, 5.41) is 11.2. The van der Waals surface area contributed by atoms with Gasteiger partial charge in [0.2, 0.25) is 0 Å². The van der Waals surface area contributed by atoms with E-state index in [4.69, 9.17) is 0 Å². The molecule has 30 heavy (non-hydrogen) atoms. The topological polar surface area (TPSA) is 98.9 Å². The quantitative estimate of drug-likeness (QED) is 0.652. The molecule has 0 fully saturated rings. The fraction of sp³-hybridized carbons (Fsp3) is 0.286.